The number of benzene rings is 1. The molecule has 1 N–H and O–H groups in total. The van der Waals surface area contributed by atoms with E-state index >= 15 is 0 Å². The molecule has 0 aliphatic carbocycles. The maximum atomic E-state index is 11.7. The first-order chi connectivity index (χ1) is 8.37. The highest BCUT2D eigenvalue weighted by Gasteiger charge is 2.23. The van der Waals surface area contributed by atoms with Gasteiger partial charge in [0.2, 0.25) is 6.79 Å². The molecule has 0 fully saturated rings. The predicted molar refractivity (Wildman–Crippen MR) is 75.1 cm³/mol. The van der Waals surface area contributed by atoms with Crippen LogP contribution in [0.3, 0.4) is 0 Å². The van der Waals surface area contributed by atoms with Gasteiger partial charge in [-0.15, -0.1) is 0 Å². The number of nitrogens with one attached hydrogen (secondary N) is 1. The number of ether oxygens (including phenoxy) is 3. The Kier molecular flexibility index (Phi) is 3.56. The van der Waals surface area contributed by atoms with E-state index < -0.39 is 11.7 Å². The topological polar surface area (TPSA) is 56.8 Å². The fraction of sp³-hybridized carbons (Fsp3) is 0.417. The fourth-order valence-corrected chi connectivity index (χ4v) is 2.06. The van der Waals surface area contributed by atoms with E-state index in [1.165, 1.54) is 0 Å². The number of fused-ring (bicyclic) bond motifs is 1. The first kappa shape index (κ1) is 13.3. The van der Waals surface area contributed by atoms with Gasteiger partial charge in [0, 0.05) is 0 Å². The van der Waals surface area contributed by atoms with Crippen molar-refractivity contribution in [1.82, 2.24) is 0 Å². The summed E-state index contributed by atoms with van der Waals surface area (Å²) >= 11 is 2.15. The Morgan fingerprint density at radius 2 is 2.00 bits per heavy atom. The second kappa shape index (κ2) is 4.83. The zero-order valence-corrected chi connectivity index (χ0v) is 12.5. The monoisotopic (exact) mass is 363 g/mol. The van der Waals surface area contributed by atoms with Gasteiger partial charge in [-0.2, -0.15) is 0 Å². The molecule has 1 aliphatic heterocycles. The minimum Gasteiger partial charge on any atom is -0.452 e. The first-order valence-corrected chi connectivity index (χ1v) is 6.53. The number of carbonyl (C=O) groups excluding carboxylic acids is 1. The number of carbonyl (C=O) groups is 1. The quantitative estimate of drug-likeness (QED) is 0.778. The SMILES string of the molecule is CC(C)(C)OC(=O)Nc1ccc(I)c2c1OCO2. The number of halogens is 1. The highest BCUT2D eigenvalue weighted by molar-refractivity contribution is 14.1. The Balaban J connectivity index is 2.16. The lowest BCUT2D eigenvalue weighted by atomic mass is 10.2. The number of hydrogen-bond acceptors (Lipinski definition) is 4. The normalized spacial score (nSPS) is 13.3. The van der Waals surface area contributed by atoms with Gasteiger partial charge in [0.25, 0.3) is 0 Å². The molecule has 1 heterocycles. The van der Waals surface area contributed by atoms with Crippen LogP contribution in [0.15, 0.2) is 12.1 Å². The van der Waals surface area contributed by atoms with E-state index in [1.807, 2.05) is 26.8 Å². The van der Waals surface area contributed by atoms with E-state index in [4.69, 9.17) is 14.2 Å². The maximum Gasteiger partial charge on any atom is 0.412 e. The molecule has 0 saturated heterocycles. The summed E-state index contributed by atoms with van der Waals surface area (Å²) in [6.07, 6.45) is -0.513. The number of anilines is 1. The predicted octanol–water partition coefficient (Wildman–Crippen LogP) is 3.37. The van der Waals surface area contributed by atoms with Gasteiger partial charge in [0.1, 0.15) is 5.60 Å². The summed E-state index contributed by atoms with van der Waals surface area (Å²) in [5.74, 6) is 1.21. The van der Waals surface area contributed by atoms with Crippen molar-refractivity contribution < 1.29 is 19.0 Å². The van der Waals surface area contributed by atoms with Crippen LogP contribution in [-0.4, -0.2) is 18.5 Å². The second-order valence-corrected chi connectivity index (χ2v) is 5.95. The Hall–Kier alpha value is -1.18. The molecule has 1 aromatic rings. The Morgan fingerprint density at radius 1 is 1.33 bits per heavy atom. The average Bonchev–Trinajstić information content (AvgIpc) is 2.69. The van der Waals surface area contributed by atoms with Crippen molar-refractivity contribution in [3.8, 4) is 11.5 Å². The third-order valence-corrected chi connectivity index (χ3v) is 2.96. The van der Waals surface area contributed by atoms with E-state index in [0.29, 0.717) is 17.2 Å². The molecule has 1 aliphatic rings. The maximum absolute atomic E-state index is 11.7. The van der Waals surface area contributed by atoms with Crippen LogP contribution >= 0.6 is 22.6 Å². The zero-order valence-electron chi connectivity index (χ0n) is 10.4. The van der Waals surface area contributed by atoms with Gasteiger partial charge < -0.3 is 14.2 Å². The molecule has 18 heavy (non-hydrogen) atoms. The molecular weight excluding hydrogens is 349 g/mol. The van der Waals surface area contributed by atoms with E-state index in [1.54, 1.807) is 6.07 Å². The molecule has 0 spiro atoms. The van der Waals surface area contributed by atoms with Crippen LogP contribution in [0.2, 0.25) is 0 Å². The van der Waals surface area contributed by atoms with Crippen LogP contribution in [0.5, 0.6) is 11.5 Å². The van der Waals surface area contributed by atoms with Gasteiger partial charge in [-0.1, -0.05) is 0 Å². The van der Waals surface area contributed by atoms with Crippen molar-refractivity contribution in [1.29, 1.82) is 0 Å². The lowest BCUT2D eigenvalue weighted by molar-refractivity contribution is 0.0635. The van der Waals surface area contributed by atoms with Gasteiger partial charge in [0.15, 0.2) is 11.5 Å². The highest BCUT2D eigenvalue weighted by atomic mass is 127. The third-order valence-electron chi connectivity index (χ3n) is 2.11. The van der Waals surface area contributed by atoms with Crippen LogP contribution in [-0.2, 0) is 4.74 Å². The molecule has 0 unspecified atom stereocenters. The van der Waals surface area contributed by atoms with Crippen molar-refractivity contribution in [2.45, 2.75) is 26.4 Å². The fourth-order valence-electron chi connectivity index (χ4n) is 1.48. The van der Waals surface area contributed by atoms with Gasteiger partial charge in [-0.3, -0.25) is 5.32 Å². The lowest BCUT2D eigenvalue weighted by Crippen LogP contribution is -2.27. The van der Waals surface area contributed by atoms with E-state index in [-0.39, 0.29) is 6.79 Å². The van der Waals surface area contributed by atoms with Crippen LogP contribution < -0.4 is 14.8 Å². The van der Waals surface area contributed by atoms with Crippen molar-refractivity contribution >= 4 is 34.4 Å². The van der Waals surface area contributed by atoms with Gasteiger partial charge in [-0.25, -0.2) is 4.79 Å². The Bertz CT molecular complexity index is 482. The third kappa shape index (κ3) is 2.98. The molecule has 98 valence electrons. The van der Waals surface area contributed by atoms with Crippen LogP contribution in [0.1, 0.15) is 20.8 Å². The largest absolute Gasteiger partial charge is 0.452 e. The minimum atomic E-state index is -0.534. The van der Waals surface area contributed by atoms with Crippen molar-refractivity contribution in [3.63, 3.8) is 0 Å². The second-order valence-electron chi connectivity index (χ2n) is 4.79. The van der Waals surface area contributed by atoms with E-state index in [0.717, 1.165) is 3.57 Å². The highest BCUT2D eigenvalue weighted by Crippen LogP contribution is 2.42. The van der Waals surface area contributed by atoms with Crippen molar-refractivity contribution in [2.24, 2.45) is 0 Å². The van der Waals surface area contributed by atoms with Gasteiger partial charge in [0.05, 0.1) is 9.26 Å². The summed E-state index contributed by atoms with van der Waals surface area (Å²) in [7, 11) is 0. The van der Waals surface area contributed by atoms with Gasteiger partial charge >= 0.3 is 6.09 Å². The number of rotatable bonds is 1. The Morgan fingerprint density at radius 3 is 2.67 bits per heavy atom. The standard InChI is InChI=1S/C12H14INO4/c1-12(2,3)18-11(15)14-8-5-4-7(13)9-10(8)17-6-16-9/h4-5H,6H2,1-3H3,(H,14,15). The molecule has 0 bridgehead atoms. The van der Waals surface area contributed by atoms with Gasteiger partial charge in [-0.05, 0) is 55.5 Å². The molecule has 2 rings (SSSR count). The summed E-state index contributed by atoms with van der Waals surface area (Å²) < 4.78 is 16.8. The average molecular weight is 363 g/mol. The van der Waals surface area contributed by atoms with Crippen LogP contribution in [0, 0.1) is 3.57 Å². The summed E-state index contributed by atoms with van der Waals surface area (Å²) in [5, 5.41) is 2.66. The van der Waals surface area contributed by atoms with Crippen molar-refractivity contribution in [2.75, 3.05) is 12.1 Å². The van der Waals surface area contributed by atoms with Crippen molar-refractivity contribution in [3.05, 3.63) is 15.7 Å². The summed E-state index contributed by atoms with van der Waals surface area (Å²) in [5.41, 5.74) is 0.0190. The summed E-state index contributed by atoms with van der Waals surface area (Å²) in [4.78, 5) is 11.7. The smallest absolute Gasteiger partial charge is 0.412 e. The summed E-state index contributed by atoms with van der Waals surface area (Å²) in [6.45, 7) is 5.60. The van der Waals surface area contributed by atoms with Crippen LogP contribution in [0.4, 0.5) is 10.5 Å². The molecule has 1 amide bonds. The molecule has 0 saturated carbocycles. The lowest BCUT2D eigenvalue weighted by Gasteiger charge is -2.20. The Labute approximate surface area is 119 Å². The molecule has 5 nitrogen and oxygen atoms in total. The molecule has 0 radical (unpaired) electrons. The van der Waals surface area contributed by atoms with E-state index in [2.05, 4.69) is 27.9 Å². The molecule has 0 atom stereocenters. The molecule has 6 heteroatoms. The molecular formula is C12H14INO4. The number of amides is 1. The molecule has 0 aromatic heterocycles. The molecule has 1 aromatic carbocycles. The summed E-state index contributed by atoms with van der Waals surface area (Å²) in [6, 6.07) is 3.61. The first-order valence-electron chi connectivity index (χ1n) is 5.45. The number of hydrogen-bond donors (Lipinski definition) is 1. The minimum absolute atomic E-state index is 0.165. The zero-order chi connectivity index (χ0) is 13.3. The van der Waals surface area contributed by atoms with E-state index in [9.17, 15) is 4.79 Å². The van der Waals surface area contributed by atoms with Crippen LogP contribution in [0.25, 0.3) is 0 Å².